The fourth-order valence-corrected chi connectivity index (χ4v) is 2.39. The number of hydrogen-bond donors (Lipinski definition) is 0. The maximum Gasteiger partial charge on any atom is 0.118 e. The second kappa shape index (κ2) is 5.10. The number of aromatic nitrogens is 1. The molecule has 3 nitrogen and oxygen atoms in total. The third-order valence-corrected chi connectivity index (χ3v) is 3.45. The van der Waals surface area contributed by atoms with Crippen molar-refractivity contribution in [2.75, 3.05) is 7.11 Å². The van der Waals surface area contributed by atoms with Crippen LogP contribution in [0.1, 0.15) is 11.1 Å². The van der Waals surface area contributed by atoms with Crippen LogP contribution in [-0.2, 0) is 6.54 Å². The third kappa shape index (κ3) is 2.12. The molecule has 3 rings (SSSR count). The van der Waals surface area contributed by atoms with Gasteiger partial charge in [0.1, 0.15) is 5.75 Å². The minimum absolute atomic E-state index is 0.719. The van der Waals surface area contributed by atoms with Crippen LogP contribution in [0.15, 0.2) is 54.7 Å². The van der Waals surface area contributed by atoms with Gasteiger partial charge in [-0.15, -0.1) is 0 Å². The first-order chi connectivity index (χ1) is 9.81. The summed E-state index contributed by atoms with van der Waals surface area (Å²) in [5, 5.41) is 10.1. The lowest BCUT2D eigenvalue weighted by Gasteiger charge is -2.07. The predicted octanol–water partition coefficient (Wildman–Crippen LogP) is 3.57. The van der Waals surface area contributed by atoms with Crippen LogP contribution in [-0.4, -0.2) is 11.7 Å². The first-order valence-corrected chi connectivity index (χ1v) is 6.42. The van der Waals surface area contributed by atoms with Crippen molar-refractivity contribution in [3.8, 4) is 11.8 Å². The third-order valence-electron chi connectivity index (χ3n) is 3.45. The molecule has 3 heteroatoms. The van der Waals surface area contributed by atoms with Crippen LogP contribution in [0.3, 0.4) is 0 Å². The lowest BCUT2D eigenvalue weighted by Crippen LogP contribution is -1.97. The first-order valence-electron chi connectivity index (χ1n) is 6.42. The molecule has 0 saturated heterocycles. The second-order valence-electron chi connectivity index (χ2n) is 4.64. The zero-order valence-corrected chi connectivity index (χ0v) is 11.2. The highest BCUT2D eigenvalue weighted by Gasteiger charge is 2.05. The number of fused-ring (bicyclic) bond motifs is 1. The van der Waals surface area contributed by atoms with Gasteiger partial charge in [-0.05, 0) is 35.9 Å². The summed E-state index contributed by atoms with van der Waals surface area (Å²) >= 11 is 0. The van der Waals surface area contributed by atoms with Gasteiger partial charge < -0.3 is 9.30 Å². The van der Waals surface area contributed by atoms with Gasteiger partial charge in [-0.1, -0.05) is 18.2 Å². The Balaban J connectivity index is 1.96. The lowest BCUT2D eigenvalue weighted by atomic mass is 10.1. The van der Waals surface area contributed by atoms with Gasteiger partial charge in [0.05, 0.1) is 18.7 Å². The highest BCUT2D eigenvalue weighted by atomic mass is 16.5. The van der Waals surface area contributed by atoms with Crippen LogP contribution in [0.4, 0.5) is 0 Å². The van der Waals surface area contributed by atoms with E-state index in [4.69, 9.17) is 10.00 Å². The van der Waals surface area contributed by atoms with Crippen LogP contribution in [0.2, 0.25) is 0 Å². The smallest absolute Gasteiger partial charge is 0.118 e. The van der Waals surface area contributed by atoms with Gasteiger partial charge in [-0.3, -0.25) is 0 Å². The zero-order chi connectivity index (χ0) is 13.9. The summed E-state index contributed by atoms with van der Waals surface area (Å²) in [5.74, 6) is 0.859. The Labute approximate surface area is 117 Å². The van der Waals surface area contributed by atoms with E-state index in [0.29, 0.717) is 0 Å². The van der Waals surface area contributed by atoms with E-state index in [-0.39, 0.29) is 0 Å². The molecule has 2 aromatic carbocycles. The lowest BCUT2D eigenvalue weighted by molar-refractivity contribution is 0.414. The van der Waals surface area contributed by atoms with E-state index < -0.39 is 0 Å². The zero-order valence-electron chi connectivity index (χ0n) is 11.2. The minimum Gasteiger partial charge on any atom is -0.497 e. The van der Waals surface area contributed by atoms with Gasteiger partial charge in [-0.2, -0.15) is 5.26 Å². The number of rotatable bonds is 3. The molecular formula is C17H14N2O. The van der Waals surface area contributed by atoms with Crippen molar-refractivity contribution in [1.29, 1.82) is 5.26 Å². The molecule has 0 fully saturated rings. The van der Waals surface area contributed by atoms with Gasteiger partial charge in [0, 0.05) is 23.6 Å². The Bertz CT molecular complexity index is 779. The van der Waals surface area contributed by atoms with E-state index >= 15 is 0 Å². The number of nitrogens with zero attached hydrogens (tertiary/aromatic N) is 2. The average Bonchev–Trinajstić information content (AvgIpc) is 2.91. The fourth-order valence-electron chi connectivity index (χ4n) is 2.39. The van der Waals surface area contributed by atoms with E-state index in [9.17, 15) is 0 Å². The molecule has 0 unspecified atom stereocenters. The topological polar surface area (TPSA) is 38.0 Å². The Kier molecular flexibility index (Phi) is 3.14. The molecule has 0 spiro atoms. The summed E-state index contributed by atoms with van der Waals surface area (Å²) in [6, 6.07) is 18.1. The quantitative estimate of drug-likeness (QED) is 0.723. The fraction of sp³-hybridized carbons (Fsp3) is 0.118. The van der Waals surface area contributed by atoms with Crippen molar-refractivity contribution >= 4 is 10.9 Å². The van der Waals surface area contributed by atoms with E-state index in [1.807, 2.05) is 42.6 Å². The summed E-state index contributed by atoms with van der Waals surface area (Å²) in [7, 11) is 1.66. The molecule has 0 N–H and O–H groups in total. The normalized spacial score (nSPS) is 10.4. The number of methoxy groups -OCH3 is 1. The van der Waals surface area contributed by atoms with Crippen LogP contribution in [0.25, 0.3) is 10.9 Å². The molecule has 0 amide bonds. The molecular weight excluding hydrogens is 248 g/mol. The van der Waals surface area contributed by atoms with Crippen molar-refractivity contribution in [1.82, 2.24) is 4.57 Å². The van der Waals surface area contributed by atoms with Crippen molar-refractivity contribution in [2.24, 2.45) is 0 Å². The van der Waals surface area contributed by atoms with Crippen molar-refractivity contribution in [3.05, 3.63) is 65.9 Å². The van der Waals surface area contributed by atoms with Gasteiger partial charge in [0.25, 0.3) is 0 Å². The molecule has 0 saturated carbocycles. The number of nitriles is 1. The number of hydrogen-bond acceptors (Lipinski definition) is 2. The van der Waals surface area contributed by atoms with E-state index in [2.05, 4.69) is 22.8 Å². The standard InChI is InChI=1S/C17H14N2O/c1-20-15-7-5-13(6-8-15)12-19-10-9-16-14(11-18)3-2-4-17(16)19/h2-10H,12H2,1H3. The Morgan fingerprint density at radius 3 is 2.60 bits per heavy atom. The Morgan fingerprint density at radius 2 is 1.90 bits per heavy atom. The van der Waals surface area contributed by atoms with E-state index in [0.717, 1.165) is 28.8 Å². The molecule has 20 heavy (non-hydrogen) atoms. The van der Waals surface area contributed by atoms with Crippen molar-refractivity contribution in [3.63, 3.8) is 0 Å². The largest absolute Gasteiger partial charge is 0.497 e. The van der Waals surface area contributed by atoms with Crippen LogP contribution < -0.4 is 4.74 Å². The Hall–Kier alpha value is -2.73. The van der Waals surface area contributed by atoms with Gasteiger partial charge in [0.15, 0.2) is 0 Å². The molecule has 0 aliphatic carbocycles. The van der Waals surface area contributed by atoms with Crippen molar-refractivity contribution < 1.29 is 4.74 Å². The molecule has 0 atom stereocenters. The van der Waals surface area contributed by atoms with E-state index in [1.54, 1.807) is 7.11 Å². The van der Waals surface area contributed by atoms with E-state index in [1.165, 1.54) is 5.56 Å². The highest BCUT2D eigenvalue weighted by Crippen LogP contribution is 2.21. The van der Waals surface area contributed by atoms with Crippen LogP contribution >= 0.6 is 0 Å². The summed E-state index contributed by atoms with van der Waals surface area (Å²) in [6.07, 6.45) is 2.02. The summed E-state index contributed by atoms with van der Waals surface area (Å²) in [6.45, 7) is 0.780. The van der Waals surface area contributed by atoms with Gasteiger partial charge in [-0.25, -0.2) is 0 Å². The monoisotopic (exact) mass is 262 g/mol. The van der Waals surface area contributed by atoms with Crippen molar-refractivity contribution in [2.45, 2.75) is 6.54 Å². The number of benzene rings is 2. The van der Waals surface area contributed by atoms with Gasteiger partial charge >= 0.3 is 0 Å². The Morgan fingerprint density at radius 1 is 1.10 bits per heavy atom. The van der Waals surface area contributed by atoms with Gasteiger partial charge in [0.2, 0.25) is 0 Å². The molecule has 0 aliphatic rings. The summed E-state index contributed by atoms with van der Waals surface area (Å²) in [4.78, 5) is 0. The second-order valence-corrected chi connectivity index (χ2v) is 4.64. The van der Waals surface area contributed by atoms with Crippen LogP contribution in [0.5, 0.6) is 5.75 Å². The highest BCUT2D eigenvalue weighted by molar-refractivity contribution is 5.86. The average molecular weight is 262 g/mol. The first kappa shape index (κ1) is 12.3. The molecule has 0 bridgehead atoms. The molecule has 3 aromatic rings. The minimum atomic E-state index is 0.719. The molecule has 1 heterocycles. The predicted molar refractivity (Wildman–Crippen MR) is 78.7 cm³/mol. The molecule has 0 aliphatic heterocycles. The maximum absolute atomic E-state index is 9.12. The summed E-state index contributed by atoms with van der Waals surface area (Å²) in [5.41, 5.74) is 3.00. The SMILES string of the molecule is COc1ccc(Cn2ccc3c(C#N)cccc32)cc1. The maximum atomic E-state index is 9.12. The molecule has 1 aromatic heterocycles. The number of ether oxygens (including phenoxy) is 1. The van der Waals surface area contributed by atoms with Crippen LogP contribution in [0, 0.1) is 11.3 Å². The summed E-state index contributed by atoms with van der Waals surface area (Å²) < 4.78 is 7.31. The molecule has 0 radical (unpaired) electrons. The molecule has 98 valence electrons.